The van der Waals surface area contributed by atoms with E-state index in [-0.39, 0.29) is 19.1 Å². The van der Waals surface area contributed by atoms with Crippen LogP contribution in [-0.4, -0.2) is 46.7 Å². The summed E-state index contributed by atoms with van der Waals surface area (Å²) in [6, 6.07) is 0. The van der Waals surface area contributed by atoms with Crippen molar-refractivity contribution >= 4 is 11.9 Å². The van der Waals surface area contributed by atoms with Gasteiger partial charge in [-0.05, 0) is 12.8 Å². The molecule has 0 unspecified atom stereocenters. The second-order valence-corrected chi connectivity index (χ2v) is 4.28. The van der Waals surface area contributed by atoms with Gasteiger partial charge in [-0.2, -0.15) is 0 Å². The molecule has 2 N–H and O–H groups in total. The Hall–Kier alpha value is -1.36. The Labute approximate surface area is 101 Å². The van der Waals surface area contributed by atoms with Gasteiger partial charge >= 0.3 is 5.97 Å². The van der Waals surface area contributed by atoms with E-state index < -0.39 is 17.8 Å². The Bertz CT molecular complexity index is 303. The molecule has 5 heteroatoms. The predicted molar refractivity (Wildman–Crippen MR) is 62.3 cm³/mol. The Balaban J connectivity index is 2.71. The number of carboxylic acid groups (broad SMARTS) is 1. The molecule has 5 nitrogen and oxygen atoms in total. The number of hydrogen-bond donors (Lipinski definition) is 2. The van der Waals surface area contributed by atoms with Crippen LogP contribution in [0.1, 0.15) is 19.3 Å². The monoisotopic (exact) mass is 241 g/mol. The number of carboxylic acids is 1. The molecule has 17 heavy (non-hydrogen) atoms. The number of rotatable bonds is 6. The molecule has 1 aliphatic carbocycles. The first-order chi connectivity index (χ1) is 8.11. The molecule has 0 bridgehead atoms. The van der Waals surface area contributed by atoms with E-state index in [0.29, 0.717) is 19.4 Å². The molecule has 2 atom stereocenters. The van der Waals surface area contributed by atoms with Crippen molar-refractivity contribution in [3.8, 4) is 0 Å². The summed E-state index contributed by atoms with van der Waals surface area (Å²) in [7, 11) is 0. The summed E-state index contributed by atoms with van der Waals surface area (Å²) < 4.78 is 0. The molecule has 0 aromatic rings. The average Bonchev–Trinajstić information content (AvgIpc) is 2.76. The molecule has 0 radical (unpaired) electrons. The molecule has 0 aliphatic heterocycles. The van der Waals surface area contributed by atoms with Gasteiger partial charge in [-0.3, -0.25) is 9.59 Å². The fourth-order valence-electron chi connectivity index (χ4n) is 2.35. The first-order valence-corrected chi connectivity index (χ1v) is 5.85. The molecule has 0 aromatic heterocycles. The third-order valence-electron chi connectivity index (χ3n) is 3.18. The van der Waals surface area contributed by atoms with E-state index in [9.17, 15) is 9.59 Å². The molecular formula is C12H19NO4. The van der Waals surface area contributed by atoms with Crippen molar-refractivity contribution in [1.82, 2.24) is 4.90 Å². The number of aliphatic carboxylic acids is 1. The van der Waals surface area contributed by atoms with Crippen molar-refractivity contribution in [2.75, 3.05) is 19.7 Å². The number of aliphatic hydroxyl groups is 1. The summed E-state index contributed by atoms with van der Waals surface area (Å²) in [6.45, 7) is 4.01. The minimum absolute atomic E-state index is 0.121. The Morgan fingerprint density at radius 2 is 2.00 bits per heavy atom. The fraction of sp³-hybridized carbons (Fsp3) is 0.667. The highest BCUT2D eigenvalue weighted by Crippen LogP contribution is 2.33. The van der Waals surface area contributed by atoms with Gasteiger partial charge in [-0.1, -0.05) is 12.5 Å². The van der Waals surface area contributed by atoms with Crippen molar-refractivity contribution in [3.05, 3.63) is 12.7 Å². The molecule has 1 aliphatic rings. The molecule has 0 heterocycles. The number of hydrogen-bond acceptors (Lipinski definition) is 3. The van der Waals surface area contributed by atoms with Gasteiger partial charge in [0.15, 0.2) is 0 Å². The van der Waals surface area contributed by atoms with Gasteiger partial charge in [0.25, 0.3) is 0 Å². The van der Waals surface area contributed by atoms with Crippen molar-refractivity contribution in [2.24, 2.45) is 11.8 Å². The van der Waals surface area contributed by atoms with E-state index in [0.717, 1.165) is 6.42 Å². The van der Waals surface area contributed by atoms with E-state index in [2.05, 4.69) is 6.58 Å². The van der Waals surface area contributed by atoms with Crippen molar-refractivity contribution in [3.63, 3.8) is 0 Å². The van der Waals surface area contributed by atoms with Gasteiger partial charge in [-0.15, -0.1) is 6.58 Å². The Kier molecular flexibility index (Phi) is 5.15. The van der Waals surface area contributed by atoms with Gasteiger partial charge in [0.05, 0.1) is 18.4 Å². The van der Waals surface area contributed by atoms with Gasteiger partial charge < -0.3 is 15.1 Å². The highest BCUT2D eigenvalue weighted by atomic mass is 16.4. The standard InChI is InChI=1S/C12H19NO4/c1-2-6-13(7-8-14)11(15)9-4-3-5-10(9)12(16)17/h2,9-10,14H,1,3-8H2,(H,16,17)/t9-,10+/m1/s1. The van der Waals surface area contributed by atoms with E-state index in [4.69, 9.17) is 10.2 Å². The maximum absolute atomic E-state index is 12.1. The topological polar surface area (TPSA) is 77.8 Å². The van der Waals surface area contributed by atoms with Crippen LogP contribution in [0.2, 0.25) is 0 Å². The minimum Gasteiger partial charge on any atom is -0.481 e. The van der Waals surface area contributed by atoms with Crippen molar-refractivity contribution in [1.29, 1.82) is 0 Å². The number of amides is 1. The average molecular weight is 241 g/mol. The van der Waals surface area contributed by atoms with E-state index >= 15 is 0 Å². The minimum atomic E-state index is -0.900. The highest BCUT2D eigenvalue weighted by Gasteiger charge is 2.39. The van der Waals surface area contributed by atoms with Gasteiger partial charge in [0.1, 0.15) is 0 Å². The van der Waals surface area contributed by atoms with Crippen LogP contribution >= 0.6 is 0 Å². The molecule has 0 spiro atoms. The van der Waals surface area contributed by atoms with Gasteiger partial charge in [0, 0.05) is 13.1 Å². The number of nitrogens with zero attached hydrogens (tertiary/aromatic N) is 1. The van der Waals surface area contributed by atoms with Gasteiger partial charge in [-0.25, -0.2) is 0 Å². The van der Waals surface area contributed by atoms with Crippen LogP contribution in [0, 0.1) is 11.8 Å². The summed E-state index contributed by atoms with van der Waals surface area (Å²) >= 11 is 0. The summed E-state index contributed by atoms with van der Waals surface area (Å²) in [5, 5.41) is 17.9. The lowest BCUT2D eigenvalue weighted by Crippen LogP contribution is -2.40. The zero-order valence-electron chi connectivity index (χ0n) is 9.84. The third-order valence-corrected chi connectivity index (χ3v) is 3.18. The van der Waals surface area contributed by atoms with Crippen molar-refractivity contribution in [2.45, 2.75) is 19.3 Å². The Morgan fingerprint density at radius 3 is 2.53 bits per heavy atom. The number of aliphatic hydroxyl groups excluding tert-OH is 1. The SMILES string of the molecule is C=CCN(CCO)C(=O)[C@@H]1CCC[C@@H]1C(=O)O. The number of carbonyl (C=O) groups excluding carboxylic acids is 1. The highest BCUT2D eigenvalue weighted by molar-refractivity contribution is 5.85. The summed E-state index contributed by atoms with van der Waals surface area (Å²) in [6.07, 6.45) is 3.54. The van der Waals surface area contributed by atoms with Crippen LogP contribution in [0.15, 0.2) is 12.7 Å². The second kappa shape index (κ2) is 6.39. The van der Waals surface area contributed by atoms with Crippen LogP contribution in [0.4, 0.5) is 0 Å². The molecule has 1 amide bonds. The molecule has 0 aromatic carbocycles. The summed E-state index contributed by atoms with van der Waals surface area (Å²) in [5.41, 5.74) is 0. The zero-order chi connectivity index (χ0) is 12.8. The van der Waals surface area contributed by atoms with E-state index in [1.54, 1.807) is 6.08 Å². The lowest BCUT2D eigenvalue weighted by atomic mass is 9.94. The Morgan fingerprint density at radius 1 is 1.35 bits per heavy atom. The second-order valence-electron chi connectivity index (χ2n) is 4.28. The largest absolute Gasteiger partial charge is 0.481 e. The molecule has 1 saturated carbocycles. The summed E-state index contributed by atoms with van der Waals surface area (Å²) in [5.74, 6) is -2.10. The third kappa shape index (κ3) is 3.30. The quantitative estimate of drug-likeness (QED) is 0.664. The van der Waals surface area contributed by atoms with Crippen molar-refractivity contribution < 1.29 is 19.8 Å². The molecule has 96 valence electrons. The zero-order valence-corrected chi connectivity index (χ0v) is 9.84. The maximum atomic E-state index is 12.1. The van der Waals surface area contributed by atoms with E-state index in [1.165, 1.54) is 4.90 Å². The smallest absolute Gasteiger partial charge is 0.307 e. The van der Waals surface area contributed by atoms with Crippen LogP contribution in [-0.2, 0) is 9.59 Å². The fourth-order valence-corrected chi connectivity index (χ4v) is 2.35. The summed E-state index contributed by atoms with van der Waals surface area (Å²) in [4.78, 5) is 24.6. The van der Waals surface area contributed by atoms with Crippen LogP contribution in [0.3, 0.4) is 0 Å². The van der Waals surface area contributed by atoms with Gasteiger partial charge in [0.2, 0.25) is 5.91 Å². The lowest BCUT2D eigenvalue weighted by Gasteiger charge is -2.25. The van der Waals surface area contributed by atoms with Crippen LogP contribution < -0.4 is 0 Å². The number of carbonyl (C=O) groups is 2. The molecule has 1 rings (SSSR count). The first-order valence-electron chi connectivity index (χ1n) is 5.85. The van der Waals surface area contributed by atoms with Crippen LogP contribution in [0.25, 0.3) is 0 Å². The van der Waals surface area contributed by atoms with E-state index in [1.807, 2.05) is 0 Å². The lowest BCUT2D eigenvalue weighted by molar-refractivity contribution is -0.149. The molecule has 1 fully saturated rings. The normalized spacial score (nSPS) is 23.4. The first kappa shape index (κ1) is 13.7. The molecule has 0 saturated heterocycles. The predicted octanol–water partition coefficient (Wildman–Crippen LogP) is 0.494. The maximum Gasteiger partial charge on any atom is 0.307 e. The molecular weight excluding hydrogens is 222 g/mol. The van der Waals surface area contributed by atoms with Crippen LogP contribution in [0.5, 0.6) is 0 Å².